The SMILES string of the molecule is Cc1cc(Cl)cc(C(=O)Nc2cccc(O)c2)c1. The first kappa shape index (κ1) is 12.5. The van der Waals surface area contributed by atoms with Crippen LogP contribution in [0.25, 0.3) is 0 Å². The summed E-state index contributed by atoms with van der Waals surface area (Å²) in [6, 6.07) is 11.5. The van der Waals surface area contributed by atoms with Crippen molar-refractivity contribution < 1.29 is 9.90 Å². The fourth-order valence-electron chi connectivity index (χ4n) is 1.65. The number of rotatable bonds is 2. The number of halogens is 1. The molecule has 0 aliphatic rings. The summed E-state index contributed by atoms with van der Waals surface area (Å²) >= 11 is 5.90. The maximum Gasteiger partial charge on any atom is 0.255 e. The van der Waals surface area contributed by atoms with Crippen LogP contribution in [-0.4, -0.2) is 11.0 Å². The van der Waals surface area contributed by atoms with Crippen LogP contribution in [0.3, 0.4) is 0 Å². The van der Waals surface area contributed by atoms with E-state index in [9.17, 15) is 9.90 Å². The molecule has 0 fully saturated rings. The first-order valence-electron chi connectivity index (χ1n) is 5.42. The predicted octanol–water partition coefficient (Wildman–Crippen LogP) is 3.61. The summed E-state index contributed by atoms with van der Waals surface area (Å²) in [6.07, 6.45) is 0. The molecule has 0 aliphatic heterocycles. The molecular weight excluding hydrogens is 250 g/mol. The lowest BCUT2D eigenvalue weighted by Gasteiger charge is -2.06. The topological polar surface area (TPSA) is 49.3 Å². The smallest absolute Gasteiger partial charge is 0.255 e. The molecule has 92 valence electrons. The van der Waals surface area contributed by atoms with Crippen molar-refractivity contribution in [3.8, 4) is 5.75 Å². The Bertz CT molecular complexity index is 576. The fraction of sp³-hybridized carbons (Fsp3) is 0.0714. The van der Waals surface area contributed by atoms with Crippen LogP contribution in [0.5, 0.6) is 5.75 Å². The Kier molecular flexibility index (Phi) is 3.53. The minimum absolute atomic E-state index is 0.107. The quantitative estimate of drug-likeness (QED) is 0.868. The molecule has 2 aromatic rings. The Morgan fingerprint density at radius 1 is 1.22 bits per heavy atom. The highest BCUT2D eigenvalue weighted by atomic mass is 35.5. The Morgan fingerprint density at radius 2 is 2.00 bits per heavy atom. The molecule has 2 rings (SSSR count). The monoisotopic (exact) mass is 261 g/mol. The van der Waals surface area contributed by atoms with Gasteiger partial charge in [0.05, 0.1) is 0 Å². The third kappa shape index (κ3) is 3.02. The lowest BCUT2D eigenvalue weighted by Crippen LogP contribution is -2.11. The van der Waals surface area contributed by atoms with Crippen LogP contribution in [0.4, 0.5) is 5.69 Å². The standard InChI is InChI=1S/C14H12ClNO2/c1-9-5-10(7-11(15)6-9)14(18)16-12-3-2-4-13(17)8-12/h2-8,17H,1H3,(H,16,18). The number of phenols is 1. The Balaban J connectivity index is 2.22. The number of aryl methyl sites for hydroxylation is 1. The molecule has 0 atom stereocenters. The normalized spacial score (nSPS) is 10.1. The van der Waals surface area contributed by atoms with Gasteiger partial charge < -0.3 is 10.4 Å². The highest BCUT2D eigenvalue weighted by Gasteiger charge is 2.07. The molecule has 1 amide bonds. The molecule has 2 aromatic carbocycles. The van der Waals surface area contributed by atoms with E-state index < -0.39 is 0 Å². The predicted molar refractivity (Wildman–Crippen MR) is 72.2 cm³/mol. The van der Waals surface area contributed by atoms with Crippen molar-refractivity contribution in [1.82, 2.24) is 0 Å². The van der Waals surface area contributed by atoms with E-state index in [0.717, 1.165) is 5.56 Å². The van der Waals surface area contributed by atoms with E-state index in [4.69, 9.17) is 11.6 Å². The summed E-state index contributed by atoms with van der Waals surface area (Å²) in [5.41, 5.74) is 1.95. The number of carbonyl (C=O) groups excluding carboxylic acids is 1. The molecule has 0 heterocycles. The summed E-state index contributed by atoms with van der Waals surface area (Å²) in [4.78, 5) is 12.0. The van der Waals surface area contributed by atoms with Gasteiger partial charge in [-0.1, -0.05) is 17.7 Å². The molecule has 0 unspecified atom stereocenters. The molecule has 0 radical (unpaired) electrons. The zero-order valence-corrected chi connectivity index (χ0v) is 10.5. The highest BCUT2D eigenvalue weighted by molar-refractivity contribution is 6.31. The van der Waals surface area contributed by atoms with Crippen molar-refractivity contribution in [3.05, 3.63) is 58.6 Å². The van der Waals surface area contributed by atoms with Gasteiger partial charge in [0.1, 0.15) is 5.75 Å². The first-order valence-corrected chi connectivity index (χ1v) is 5.80. The zero-order valence-electron chi connectivity index (χ0n) is 9.77. The van der Waals surface area contributed by atoms with Gasteiger partial charge in [0.15, 0.2) is 0 Å². The lowest BCUT2D eigenvalue weighted by atomic mass is 10.1. The minimum atomic E-state index is -0.258. The van der Waals surface area contributed by atoms with Crippen molar-refractivity contribution in [1.29, 1.82) is 0 Å². The van der Waals surface area contributed by atoms with Crippen LogP contribution in [0.15, 0.2) is 42.5 Å². The number of amides is 1. The summed E-state index contributed by atoms with van der Waals surface area (Å²) in [7, 11) is 0. The molecule has 18 heavy (non-hydrogen) atoms. The van der Waals surface area contributed by atoms with E-state index in [1.54, 1.807) is 36.4 Å². The number of hydrogen-bond acceptors (Lipinski definition) is 2. The van der Waals surface area contributed by atoms with Gasteiger partial charge in [-0.3, -0.25) is 4.79 Å². The Hall–Kier alpha value is -2.00. The van der Waals surface area contributed by atoms with Crippen LogP contribution < -0.4 is 5.32 Å². The van der Waals surface area contributed by atoms with Crippen molar-refractivity contribution in [2.75, 3.05) is 5.32 Å². The number of benzene rings is 2. The average Bonchev–Trinajstić information content (AvgIpc) is 2.27. The molecule has 0 aromatic heterocycles. The Labute approximate surface area is 110 Å². The maximum absolute atomic E-state index is 12.0. The second kappa shape index (κ2) is 5.10. The van der Waals surface area contributed by atoms with Crippen LogP contribution in [0, 0.1) is 6.92 Å². The first-order chi connectivity index (χ1) is 8.54. The number of hydrogen-bond donors (Lipinski definition) is 2. The second-order valence-electron chi connectivity index (χ2n) is 4.02. The van der Waals surface area contributed by atoms with E-state index in [1.807, 2.05) is 6.92 Å². The molecule has 0 aliphatic carbocycles. The Morgan fingerprint density at radius 3 is 2.67 bits per heavy atom. The maximum atomic E-state index is 12.0. The summed E-state index contributed by atoms with van der Waals surface area (Å²) in [6.45, 7) is 1.87. The van der Waals surface area contributed by atoms with E-state index in [2.05, 4.69) is 5.32 Å². The third-order valence-corrected chi connectivity index (χ3v) is 2.63. The van der Waals surface area contributed by atoms with Crippen LogP contribution >= 0.6 is 11.6 Å². The molecule has 0 saturated carbocycles. The van der Waals surface area contributed by atoms with Gasteiger partial charge >= 0.3 is 0 Å². The van der Waals surface area contributed by atoms with Gasteiger partial charge in [-0.25, -0.2) is 0 Å². The van der Waals surface area contributed by atoms with Gasteiger partial charge in [0.2, 0.25) is 0 Å². The van der Waals surface area contributed by atoms with Crippen molar-refractivity contribution in [3.63, 3.8) is 0 Å². The highest BCUT2D eigenvalue weighted by Crippen LogP contribution is 2.18. The van der Waals surface area contributed by atoms with E-state index in [-0.39, 0.29) is 11.7 Å². The van der Waals surface area contributed by atoms with Crippen LogP contribution in [-0.2, 0) is 0 Å². The van der Waals surface area contributed by atoms with E-state index in [0.29, 0.717) is 16.3 Å². The zero-order chi connectivity index (χ0) is 13.1. The third-order valence-electron chi connectivity index (χ3n) is 2.41. The number of phenolic OH excluding ortho intramolecular Hbond substituents is 1. The van der Waals surface area contributed by atoms with Crippen molar-refractivity contribution in [2.45, 2.75) is 6.92 Å². The van der Waals surface area contributed by atoms with Crippen LogP contribution in [0.2, 0.25) is 5.02 Å². The van der Waals surface area contributed by atoms with Crippen molar-refractivity contribution in [2.24, 2.45) is 0 Å². The van der Waals surface area contributed by atoms with E-state index >= 15 is 0 Å². The minimum Gasteiger partial charge on any atom is -0.508 e. The number of aromatic hydroxyl groups is 1. The van der Waals surface area contributed by atoms with Crippen molar-refractivity contribution >= 4 is 23.2 Å². The van der Waals surface area contributed by atoms with Crippen LogP contribution in [0.1, 0.15) is 15.9 Å². The second-order valence-corrected chi connectivity index (χ2v) is 4.46. The number of carbonyl (C=O) groups is 1. The summed E-state index contributed by atoms with van der Waals surface area (Å²) in [5, 5.41) is 12.5. The largest absolute Gasteiger partial charge is 0.508 e. The van der Waals surface area contributed by atoms with E-state index in [1.165, 1.54) is 6.07 Å². The fourth-order valence-corrected chi connectivity index (χ4v) is 1.94. The summed E-state index contributed by atoms with van der Waals surface area (Å²) in [5.74, 6) is -0.152. The molecular formula is C14H12ClNO2. The van der Waals surface area contributed by atoms with Gasteiger partial charge in [0, 0.05) is 22.3 Å². The molecule has 2 N–H and O–H groups in total. The molecule has 0 saturated heterocycles. The molecule has 3 nitrogen and oxygen atoms in total. The average molecular weight is 262 g/mol. The van der Waals surface area contributed by atoms with Gasteiger partial charge in [-0.15, -0.1) is 0 Å². The molecule has 4 heteroatoms. The number of anilines is 1. The lowest BCUT2D eigenvalue weighted by molar-refractivity contribution is 0.102. The molecule has 0 spiro atoms. The summed E-state index contributed by atoms with van der Waals surface area (Å²) < 4.78 is 0. The van der Waals surface area contributed by atoms with Gasteiger partial charge in [0.25, 0.3) is 5.91 Å². The number of nitrogens with one attached hydrogen (secondary N) is 1. The van der Waals surface area contributed by atoms with Gasteiger partial charge in [-0.2, -0.15) is 0 Å². The molecule has 0 bridgehead atoms. The van der Waals surface area contributed by atoms with Gasteiger partial charge in [-0.05, 0) is 42.8 Å².